The molecule has 1 aliphatic rings. The molecule has 0 aromatic heterocycles. The number of sulfonamides is 1. The van der Waals surface area contributed by atoms with Crippen molar-refractivity contribution in [1.82, 2.24) is 4.31 Å². The quantitative estimate of drug-likeness (QED) is 0.833. The first kappa shape index (κ1) is 14.3. The van der Waals surface area contributed by atoms with Gasteiger partial charge in [-0.05, 0) is 38.5 Å². The van der Waals surface area contributed by atoms with Crippen molar-refractivity contribution in [2.45, 2.75) is 37.8 Å². The van der Waals surface area contributed by atoms with Gasteiger partial charge in [-0.3, -0.25) is 0 Å². The van der Waals surface area contributed by atoms with E-state index in [0.29, 0.717) is 18.8 Å². The highest BCUT2D eigenvalue weighted by atomic mass is 32.2. The van der Waals surface area contributed by atoms with Gasteiger partial charge in [-0.1, -0.05) is 6.07 Å². The van der Waals surface area contributed by atoms with E-state index < -0.39 is 10.0 Å². The SMILES string of the molecule is Cc1ccc(S(=O)(=O)N2CC(C)OCC2C)cc1N. The van der Waals surface area contributed by atoms with Gasteiger partial charge < -0.3 is 10.5 Å². The molecule has 1 aromatic rings. The molecular weight excluding hydrogens is 264 g/mol. The lowest BCUT2D eigenvalue weighted by Gasteiger charge is -2.35. The minimum absolute atomic E-state index is 0.0891. The molecule has 2 N–H and O–H groups in total. The Kier molecular flexibility index (Phi) is 3.85. The first-order chi connectivity index (χ1) is 8.82. The summed E-state index contributed by atoms with van der Waals surface area (Å²) < 4.78 is 32.2. The van der Waals surface area contributed by atoms with Crippen molar-refractivity contribution in [2.24, 2.45) is 0 Å². The Balaban J connectivity index is 2.38. The van der Waals surface area contributed by atoms with Crippen molar-refractivity contribution < 1.29 is 13.2 Å². The van der Waals surface area contributed by atoms with Crippen LogP contribution in [0.5, 0.6) is 0 Å². The van der Waals surface area contributed by atoms with Gasteiger partial charge in [0.25, 0.3) is 0 Å². The van der Waals surface area contributed by atoms with E-state index in [4.69, 9.17) is 10.5 Å². The molecule has 19 heavy (non-hydrogen) atoms. The Morgan fingerprint density at radius 3 is 2.68 bits per heavy atom. The zero-order valence-corrected chi connectivity index (χ0v) is 12.3. The summed E-state index contributed by atoms with van der Waals surface area (Å²) in [5.41, 5.74) is 7.17. The van der Waals surface area contributed by atoms with E-state index in [-0.39, 0.29) is 17.0 Å². The van der Waals surface area contributed by atoms with Crippen molar-refractivity contribution in [3.8, 4) is 0 Å². The van der Waals surface area contributed by atoms with Crippen LogP contribution >= 0.6 is 0 Å². The molecule has 1 saturated heterocycles. The van der Waals surface area contributed by atoms with Crippen LogP contribution in [0.25, 0.3) is 0 Å². The van der Waals surface area contributed by atoms with Crippen molar-refractivity contribution in [3.63, 3.8) is 0 Å². The maximum absolute atomic E-state index is 12.6. The number of ether oxygens (including phenoxy) is 1. The van der Waals surface area contributed by atoms with Gasteiger partial charge in [0, 0.05) is 18.3 Å². The third-order valence-electron chi connectivity index (χ3n) is 3.41. The van der Waals surface area contributed by atoms with Crippen LogP contribution in [0, 0.1) is 6.92 Å². The molecule has 0 spiro atoms. The van der Waals surface area contributed by atoms with Gasteiger partial charge in [0.05, 0.1) is 17.6 Å². The van der Waals surface area contributed by atoms with E-state index in [1.165, 1.54) is 10.4 Å². The average Bonchev–Trinajstić information content (AvgIpc) is 2.35. The molecule has 1 aliphatic heterocycles. The summed E-state index contributed by atoms with van der Waals surface area (Å²) in [6.07, 6.45) is -0.0891. The van der Waals surface area contributed by atoms with E-state index in [2.05, 4.69) is 0 Å². The molecule has 1 heterocycles. The fourth-order valence-electron chi connectivity index (χ4n) is 2.12. The van der Waals surface area contributed by atoms with Gasteiger partial charge in [-0.15, -0.1) is 0 Å². The Hall–Kier alpha value is -1.11. The predicted molar refractivity (Wildman–Crippen MR) is 74.4 cm³/mol. The van der Waals surface area contributed by atoms with Crippen molar-refractivity contribution >= 4 is 15.7 Å². The number of hydrogen-bond acceptors (Lipinski definition) is 4. The molecule has 1 aromatic carbocycles. The Labute approximate surface area is 114 Å². The number of morpholine rings is 1. The van der Waals surface area contributed by atoms with Gasteiger partial charge in [-0.2, -0.15) is 4.31 Å². The highest BCUT2D eigenvalue weighted by molar-refractivity contribution is 7.89. The normalized spacial score (nSPS) is 25.4. The Morgan fingerprint density at radius 2 is 2.05 bits per heavy atom. The fraction of sp³-hybridized carbons (Fsp3) is 0.538. The molecule has 1 fully saturated rings. The fourth-order valence-corrected chi connectivity index (χ4v) is 3.85. The van der Waals surface area contributed by atoms with Crippen LogP contribution in [0.4, 0.5) is 5.69 Å². The second-order valence-corrected chi connectivity index (χ2v) is 6.98. The van der Waals surface area contributed by atoms with Gasteiger partial charge in [0.2, 0.25) is 10.0 Å². The summed E-state index contributed by atoms with van der Waals surface area (Å²) in [7, 11) is -3.51. The molecule has 106 valence electrons. The predicted octanol–water partition coefficient (Wildman–Crippen LogP) is 1.38. The number of rotatable bonds is 2. The summed E-state index contributed by atoms with van der Waals surface area (Å²) in [4.78, 5) is 0.247. The minimum atomic E-state index is -3.51. The van der Waals surface area contributed by atoms with Gasteiger partial charge in [0.1, 0.15) is 0 Å². The van der Waals surface area contributed by atoms with Crippen LogP contribution in [-0.2, 0) is 14.8 Å². The molecule has 0 radical (unpaired) electrons. The van der Waals surface area contributed by atoms with Crippen LogP contribution in [0.2, 0.25) is 0 Å². The van der Waals surface area contributed by atoms with Crippen molar-refractivity contribution in [1.29, 1.82) is 0 Å². The first-order valence-corrected chi connectivity index (χ1v) is 7.76. The number of anilines is 1. The van der Waals surface area contributed by atoms with Gasteiger partial charge >= 0.3 is 0 Å². The second-order valence-electron chi connectivity index (χ2n) is 5.09. The van der Waals surface area contributed by atoms with Gasteiger partial charge in [0.15, 0.2) is 0 Å². The monoisotopic (exact) mass is 284 g/mol. The topological polar surface area (TPSA) is 72.6 Å². The summed E-state index contributed by atoms with van der Waals surface area (Å²) in [5.74, 6) is 0. The zero-order valence-electron chi connectivity index (χ0n) is 11.5. The minimum Gasteiger partial charge on any atom is -0.398 e. The van der Waals surface area contributed by atoms with Crippen LogP contribution < -0.4 is 5.73 Å². The lowest BCUT2D eigenvalue weighted by molar-refractivity contribution is -0.0170. The third kappa shape index (κ3) is 2.75. The van der Waals surface area contributed by atoms with Crippen molar-refractivity contribution in [2.75, 3.05) is 18.9 Å². The molecular formula is C13H20N2O3S. The number of nitrogens with zero attached hydrogens (tertiary/aromatic N) is 1. The van der Waals surface area contributed by atoms with Crippen LogP contribution in [0.3, 0.4) is 0 Å². The van der Waals surface area contributed by atoms with Crippen molar-refractivity contribution in [3.05, 3.63) is 23.8 Å². The maximum atomic E-state index is 12.6. The lowest BCUT2D eigenvalue weighted by Crippen LogP contribution is -2.50. The summed E-state index contributed by atoms with van der Waals surface area (Å²) in [5, 5.41) is 0. The number of benzene rings is 1. The molecule has 0 bridgehead atoms. The van der Waals surface area contributed by atoms with E-state index in [9.17, 15) is 8.42 Å². The summed E-state index contributed by atoms with van der Waals surface area (Å²) in [6.45, 7) is 6.36. The van der Waals surface area contributed by atoms with Gasteiger partial charge in [-0.25, -0.2) is 8.42 Å². The average molecular weight is 284 g/mol. The highest BCUT2D eigenvalue weighted by Crippen LogP contribution is 2.24. The Morgan fingerprint density at radius 1 is 1.37 bits per heavy atom. The molecule has 2 atom stereocenters. The standard InChI is InChI=1S/C13H20N2O3S/c1-9-4-5-12(6-13(9)14)19(16,17)15-7-11(3)18-8-10(15)2/h4-6,10-11H,7-8,14H2,1-3H3. The second kappa shape index (κ2) is 5.11. The highest BCUT2D eigenvalue weighted by Gasteiger charge is 2.34. The Bertz CT molecular complexity index is 571. The molecule has 5 nitrogen and oxygen atoms in total. The van der Waals surface area contributed by atoms with Crippen LogP contribution in [0.1, 0.15) is 19.4 Å². The molecule has 6 heteroatoms. The number of nitrogen functional groups attached to an aromatic ring is 1. The molecule has 0 saturated carbocycles. The van der Waals surface area contributed by atoms with Crippen LogP contribution in [-0.4, -0.2) is 38.0 Å². The smallest absolute Gasteiger partial charge is 0.243 e. The third-order valence-corrected chi connectivity index (χ3v) is 5.38. The number of hydrogen-bond donors (Lipinski definition) is 1. The molecule has 2 unspecified atom stereocenters. The summed E-state index contributed by atoms with van der Waals surface area (Å²) >= 11 is 0. The number of aryl methyl sites for hydroxylation is 1. The lowest BCUT2D eigenvalue weighted by atomic mass is 10.2. The first-order valence-electron chi connectivity index (χ1n) is 6.32. The zero-order chi connectivity index (χ0) is 14.2. The van der Waals surface area contributed by atoms with E-state index in [0.717, 1.165) is 5.56 Å². The molecule has 0 aliphatic carbocycles. The van der Waals surface area contributed by atoms with Crippen LogP contribution in [0.15, 0.2) is 23.1 Å². The largest absolute Gasteiger partial charge is 0.398 e. The summed E-state index contributed by atoms with van der Waals surface area (Å²) in [6, 6.07) is 4.70. The van der Waals surface area contributed by atoms with E-state index in [1.54, 1.807) is 12.1 Å². The maximum Gasteiger partial charge on any atom is 0.243 e. The molecule has 0 amide bonds. The van der Waals surface area contributed by atoms with E-state index >= 15 is 0 Å². The van der Waals surface area contributed by atoms with E-state index in [1.807, 2.05) is 20.8 Å². The number of nitrogens with two attached hydrogens (primary N) is 1. The molecule has 2 rings (SSSR count).